The minimum absolute atomic E-state index is 0.00499. The molecule has 0 spiro atoms. The van der Waals surface area contributed by atoms with Gasteiger partial charge in [0.25, 0.3) is 0 Å². The van der Waals surface area contributed by atoms with E-state index in [2.05, 4.69) is 56.7 Å². The number of imidazole rings is 1. The fourth-order valence-electron chi connectivity index (χ4n) is 6.28. The van der Waals surface area contributed by atoms with Gasteiger partial charge in [0.1, 0.15) is 42.5 Å². The molecule has 0 aliphatic carbocycles. The Morgan fingerprint density at radius 1 is 0.783 bits per heavy atom. The SMILES string of the molecule is CSCC[C@@H](C=O)NC(=O)[C@H](CCCN=C(N)N)NC(=O)[C@H](Cc1cnc[nH]1)NC(=O)[C@H](CC(C)C)NC(=O)[C@H](COP(=O)(O)O)NC(=O)[C@H](Cc1ccccc1)NC(=O)[C@H](CO)NC(=O)[C@H](C)N. The Morgan fingerprint density at radius 2 is 1.32 bits per heavy atom. The zero-order valence-corrected chi connectivity index (χ0v) is 40.5. The Balaban J connectivity index is 2.48. The lowest BCUT2D eigenvalue weighted by Gasteiger charge is -2.28. The molecule has 384 valence electrons. The number of aliphatic hydroxyl groups excluding tert-OH is 1. The molecule has 0 fully saturated rings. The third-order valence-corrected chi connectivity index (χ3v) is 11.0. The first kappa shape index (κ1) is 59.2. The topological polar surface area (TPSA) is 427 Å². The van der Waals surface area contributed by atoms with Crippen LogP contribution in [0.1, 0.15) is 57.7 Å². The molecule has 7 amide bonds. The van der Waals surface area contributed by atoms with E-state index in [0.717, 1.165) is 0 Å². The molecule has 0 saturated heterocycles. The molecular formula is C41H66N13O13PS. The molecule has 0 unspecified atom stereocenters. The molecule has 26 nitrogen and oxygen atoms in total. The van der Waals surface area contributed by atoms with E-state index in [1.54, 1.807) is 44.2 Å². The molecule has 1 heterocycles. The van der Waals surface area contributed by atoms with Gasteiger partial charge in [0, 0.05) is 31.3 Å². The maximum Gasteiger partial charge on any atom is 0.469 e. The molecule has 0 radical (unpaired) electrons. The maximum absolute atomic E-state index is 14.2. The van der Waals surface area contributed by atoms with Crippen molar-refractivity contribution in [2.75, 3.05) is 31.8 Å². The van der Waals surface area contributed by atoms with Gasteiger partial charge in [-0.3, -0.25) is 43.1 Å². The minimum atomic E-state index is -5.30. The largest absolute Gasteiger partial charge is 0.469 e. The Bertz CT molecular complexity index is 2060. The number of amides is 7. The second-order valence-electron chi connectivity index (χ2n) is 16.2. The van der Waals surface area contributed by atoms with Gasteiger partial charge >= 0.3 is 7.82 Å². The molecule has 0 aliphatic heterocycles. The van der Waals surface area contributed by atoms with E-state index in [4.69, 9.17) is 17.2 Å². The molecule has 0 saturated carbocycles. The van der Waals surface area contributed by atoms with Crippen LogP contribution in [0.4, 0.5) is 0 Å². The third kappa shape index (κ3) is 23.3. The van der Waals surface area contributed by atoms with Crippen molar-refractivity contribution in [2.45, 2.75) is 108 Å². The summed E-state index contributed by atoms with van der Waals surface area (Å²) in [6, 6.07) is -2.93. The summed E-state index contributed by atoms with van der Waals surface area (Å²) >= 11 is 1.46. The number of aliphatic hydroxyl groups is 1. The number of aliphatic imine (C=N–C) groups is 1. The normalized spacial score (nSPS) is 14.8. The molecule has 28 heteroatoms. The molecule has 17 N–H and O–H groups in total. The molecule has 0 aliphatic rings. The van der Waals surface area contributed by atoms with Gasteiger partial charge in [-0.2, -0.15) is 11.8 Å². The number of nitrogens with two attached hydrogens (primary N) is 3. The lowest BCUT2D eigenvalue weighted by Crippen LogP contribution is -2.61. The smallest absolute Gasteiger partial charge is 0.394 e. The van der Waals surface area contributed by atoms with Crippen LogP contribution in [0.5, 0.6) is 0 Å². The highest BCUT2D eigenvalue weighted by atomic mass is 32.2. The quantitative estimate of drug-likeness (QED) is 0.0109. The first-order chi connectivity index (χ1) is 32.6. The van der Waals surface area contributed by atoms with Crippen LogP contribution in [0.2, 0.25) is 0 Å². The van der Waals surface area contributed by atoms with Crippen molar-refractivity contribution < 1.29 is 62.3 Å². The molecule has 0 bridgehead atoms. The zero-order chi connectivity index (χ0) is 51.7. The number of aromatic amines is 1. The number of rotatable bonds is 32. The predicted octanol–water partition coefficient (Wildman–Crippen LogP) is -3.91. The van der Waals surface area contributed by atoms with Gasteiger partial charge in [-0.05, 0) is 56.1 Å². The summed E-state index contributed by atoms with van der Waals surface area (Å²) in [6.45, 7) is 2.81. The molecule has 69 heavy (non-hydrogen) atoms. The first-order valence-corrected chi connectivity index (χ1v) is 24.7. The van der Waals surface area contributed by atoms with Gasteiger partial charge in [-0.25, -0.2) is 9.55 Å². The highest BCUT2D eigenvalue weighted by Gasteiger charge is 2.35. The van der Waals surface area contributed by atoms with Gasteiger partial charge in [0.05, 0.1) is 31.6 Å². The van der Waals surface area contributed by atoms with E-state index in [0.29, 0.717) is 29.7 Å². The summed E-state index contributed by atoms with van der Waals surface area (Å²) in [5.41, 5.74) is 17.4. The Labute approximate surface area is 403 Å². The van der Waals surface area contributed by atoms with E-state index in [-0.39, 0.29) is 50.5 Å². The van der Waals surface area contributed by atoms with E-state index in [1.807, 2.05) is 6.26 Å². The van der Waals surface area contributed by atoms with Crippen molar-refractivity contribution in [1.29, 1.82) is 0 Å². The molecule has 2 rings (SSSR count). The zero-order valence-electron chi connectivity index (χ0n) is 38.8. The van der Waals surface area contributed by atoms with Crippen LogP contribution in [-0.4, -0.2) is 159 Å². The molecular weight excluding hydrogens is 946 g/mol. The average Bonchev–Trinajstić information content (AvgIpc) is 3.81. The predicted molar refractivity (Wildman–Crippen MR) is 253 cm³/mol. The minimum Gasteiger partial charge on any atom is -0.394 e. The first-order valence-electron chi connectivity index (χ1n) is 21.8. The second-order valence-corrected chi connectivity index (χ2v) is 18.4. The molecule has 8 atom stereocenters. The van der Waals surface area contributed by atoms with Crippen molar-refractivity contribution in [2.24, 2.45) is 28.1 Å². The highest BCUT2D eigenvalue weighted by molar-refractivity contribution is 7.98. The number of guanidine groups is 1. The number of phosphoric ester groups is 1. The number of benzene rings is 1. The lowest BCUT2D eigenvalue weighted by atomic mass is 10.0. The summed E-state index contributed by atoms with van der Waals surface area (Å²) in [4.78, 5) is 137. The van der Waals surface area contributed by atoms with Crippen molar-refractivity contribution in [3.05, 3.63) is 54.1 Å². The van der Waals surface area contributed by atoms with Gasteiger partial charge in [-0.15, -0.1) is 0 Å². The number of carbonyl (C=O) groups excluding carboxylic acids is 8. The standard InChI is InChI=1S/C41H66N13O13PS/c1-23(2)15-29(36(59)52-31(17-27-18-45-22-47-27)38(61)49-28(11-8-13-46-41(43)44)35(58)48-26(19-55)12-14-69-4)50-40(63)33(21-67-68(64,65)66)54-37(60)30(16-25-9-6-5-7-10-25)51-39(62)32(20-56)53-34(57)24(3)42/h5-7,9-10,18-19,22-24,26,28-33,56H,8,11-17,20-21,42H2,1-4H3,(H,45,47)(H,48,58)(H,49,61)(H,50,63)(H,51,62)(H,52,59)(H,53,57)(H,54,60)(H4,43,44,46)(H2,64,65,66)/t24-,26-,28-,29-,30-,31-,32-,33-/m0/s1. The number of nitrogens with zero attached hydrogens (tertiary/aromatic N) is 2. The van der Waals surface area contributed by atoms with Gasteiger partial charge in [0.2, 0.25) is 41.4 Å². The Morgan fingerprint density at radius 3 is 1.86 bits per heavy atom. The fraction of sp³-hybridized carbons (Fsp3) is 0.561. The van der Waals surface area contributed by atoms with Crippen LogP contribution >= 0.6 is 19.6 Å². The molecule has 2 aromatic rings. The van der Waals surface area contributed by atoms with Crippen molar-refractivity contribution in [3.8, 4) is 0 Å². The summed E-state index contributed by atoms with van der Waals surface area (Å²) in [6.07, 6.45) is 5.15. The summed E-state index contributed by atoms with van der Waals surface area (Å²) in [5.74, 6) is -6.51. The highest BCUT2D eigenvalue weighted by Crippen LogP contribution is 2.35. The summed E-state index contributed by atoms with van der Waals surface area (Å²) < 4.78 is 16.5. The van der Waals surface area contributed by atoms with E-state index >= 15 is 0 Å². The Kier molecular flexibility index (Phi) is 26.2. The number of H-pyrrole nitrogens is 1. The van der Waals surface area contributed by atoms with E-state index in [1.165, 1.54) is 31.2 Å². The second kappa shape index (κ2) is 30.5. The van der Waals surface area contributed by atoms with Crippen molar-refractivity contribution in [3.63, 3.8) is 0 Å². The van der Waals surface area contributed by atoms with E-state index < -0.39 is 111 Å². The number of phosphoric acid groups is 1. The van der Waals surface area contributed by atoms with Gasteiger partial charge in [-0.1, -0.05) is 44.2 Å². The number of nitrogens with one attached hydrogen (secondary N) is 8. The number of aromatic nitrogens is 2. The lowest BCUT2D eigenvalue weighted by molar-refractivity contribution is -0.136. The summed E-state index contributed by atoms with van der Waals surface area (Å²) in [5, 5.41) is 27.2. The van der Waals surface area contributed by atoms with Crippen molar-refractivity contribution in [1.82, 2.24) is 47.2 Å². The van der Waals surface area contributed by atoms with Crippen LogP contribution in [-0.2, 0) is 60.3 Å². The monoisotopic (exact) mass is 1010 g/mol. The fourth-order valence-corrected chi connectivity index (χ4v) is 7.11. The molecule has 1 aromatic heterocycles. The van der Waals surface area contributed by atoms with Crippen LogP contribution < -0.4 is 54.4 Å². The number of carbonyl (C=O) groups is 8. The third-order valence-electron chi connectivity index (χ3n) is 9.84. The number of hydrogen-bond donors (Lipinski definition) is 14. The average molecular weight is 1010 g/mol. The summed E-state index contributed by atoms with van der Waals surface area (Å²) in [7, 11) is -5.30. The van der Waals surface area contributed by atoms with Gasteiger partial charge < -0.3 is 79.1 Å². The van der Waals surface area contributed by atoms with Crippen LogP contribution in [0.25, 0.3) is 0 Å². The van der Waals surface area contributed by atoms with Gasteiger partial charge in [0.15, 0.2) is 5.96 Å². The number of thioether (sulfide) groups is 1. The van der Waals surface area contributed by atoms with Crippen molar-refractivity contribution >= 4 is 73.2 Å². The van der Waals surface area contributed by atoms with Crippen LogP contribution in [0.15, 0.2) is 47.8 Å². The number of hydrogen-bond acceptors (Lipinski definition) is 15. The molecule has 1 aromatic carbocycles. The Hall–Kier alpha value is -5.96. The number of aldehydes is 1. The maximum atomic E-state index is 14.2. The van der Waals surface area contributed by atoms with Crippen LogP contribution in [0.3, 0.4) is 0 Å². The van der Waals surface area contributed by atoms with E-state index in [9.17, 15) is 57.8 Å². The van der Waals surface area contributed by atoms with Crippen LogP contribution in [0, 0.1) is 5.92 Å².